The van der Waals surface area contributed by atoms with Gasteiger partial charge in [0.25, 0.3) is 0 Å². The van der Waals surface area contributed by atoms with Crippen LogP contribution in [0.3, 0.4) is 0 Å². The number of ether oxygens (including phenoxy) is 3. The molecule has 5 rings (SSSR count). The van der Waals surface area contributed by atoms with E-state index in [9.17, 15) is 19.2 Å². The molecule has 0 unspecified atom stereocenters. The average molecular weight is 712 g/mol. The van der Waals surface area contributed by atoms with Crippen LogP contribution in [0.5, 0.6) is 5.75 Å². The van der Waals surface area contributed by atoms with E-state index in [1.807, 2.05) is 45.0 Å². The summed E-state index contributed by atoms with van der Waals surface area (Å²) in [4.78, 5) is 51.5. The van der Waals surface area contributed by atoms with Crippen molar-refractivity contribution in [3.05, 3.63) is 77.9 Å². The maximum absolute atomic E-state index is 13.8. The number of hydrogen-bond donors (Lipinski definition) is 4. The number of amides is 3. The lowest BCUT2D eigenvalue weighted by molar-refractivity contribution is -0.130. The van der Waals surface area contributed by atoms with Crippen molar-refractivity contribution in [3.63, 3.8) is 0 Å². The van der Waals surface area contributed by atoms with E-state index < -0.39 is 23.7 Å². The molecule has 1 fully saturated rings. The largest absolute Gasteiger partial charge is 0.496 e. The number of rotatable bonds is 12. The average Bonchev–Trinajstić information content (AvgIpc) is 3.68. The number of hydrogen-bond acceptors (Lipinski definition) is 10. The Morgan fingerprint density at radius 3 is 2.21 bits per heavy atom. The lowest BCUT2D eigenvalue weighted by Crippen LogP contribution is -2.48. The van der Waals surface area contributed by atoms with E-state index in [2.05, 4.69) is 36.6 Å². The number of H-pyrrole nitrogens is 1. The summed E-state index contributed by atoms with van der Waals surface area (Å²) in [6.45, 7) is 5.94. The van der Waals surface area contributed by atoms with Crippen LogP contribution in [0.2, 0.25) is 0 Å². The molecule has 0 aliphatic heterocycles. The molecule has 0 radical (unpaired) electrons. The van der Waals surface area contributed by atoms with E-state index in [1.54, 1.807) is 42.5 Å². The Labute approximate surface area is 302 Å². The number of nitrogens with zero attached hydrogens (tertiary/aromatic N) is 3. The van der Waals surface area contributed by atoms with E-state index in [4.69, 9.17) is 14.2 Å². The highest BCUT2D eigenvalue weighted by atomic mass is 16.6. The van der Waals surface area contributed by atoms with Gasteiger partial charge in [0, 0.05) is 35.7 Å². The lowest BCUT2D eigenvalue weighted by Gasteiger charge is -2.29. The third-order valence-electron chi connectivity index (χ3n) is 8.87. The minimum absolute atomic E-state index is 0.182. The van der Waals surface area contributed by atoms with E-state index in [0.717, 1.165) is 35.1 Å². The number of tetrazole rings is 1. The summed E-state index contributed by atoms with van der Waals surface area (Å²) in [5.74, 6) is -0.0827. The van der Waals surface area contributed by atoms with Crippen molar-refractivity contribution in [1.82, 2.24) is 31.3 Å². The van der Waals surface area contributed by atoms with Gasteiger partial charge in [-0.25, -0.2) is 9.59 Å². The first-order valence-corrected chi connectivity index (χ1v) is 17.2. The molecule has 1 aliphatic rings. The highest BCUT2D eigenvalue weighted by Crippen LogP contribution is 2.32. The number of anilines is 1. The summed E-state index contributed by atoms with van der Waals surface area (Å²) in [5.41, 5.74) is 3.54. The van der Waals surface area contributed by atoms with Crippen LogP contribution in [-0.2, 0) is 25.5 Å². The predicted molar refractivity (Wildman–Crippen MR) is 193 cm³/mol. The first-order chi connectivity index (χ1) is 24.9. The molecule has 4 N–H and O–H groups in total. The van der Waals surface area contributed by atoms with Gasteiger partial charge in [-0.1, -0.05) is 24.3 Å². The number of carbonyl (C=O) groups is 4. The summed E-state index contributed by atoms with van der Waals surface area (Å²) >= 11 is 0. The molecule has 14 heteroatoms. The first kappa shape index (κ1) is 37.5. The molecule has 1 aromatic heterocycles. The fourth-order valence-corrected chi connectivity index (χ4v) is 6.12. The number of aromatic nitrogens is 4. The van der Waals surface area contributed by atoms with Crippen LogP contribution < -0.4 is 20.7 Å². The summed E-state index contributed by atoms with van der Waals surface area (Å²) in [7, 11) is 2.86. The van der Waals surface area contributed by atoms with E-state index in [1.165, 1.54) is 14.2 Å². The molecule has 4 aromatic rings. The minimum Gasteiger partial charge on any atom is -0.496 e. The van der Waals surface area contributed by atoms with Crippen LogP contribution in [-0.4, -0.2) is 76.9 Å². The molecule has 1 saturated carbocycles. The van der Waals surface area contributed by atoms with Gasteiger partial charge in [0.15, 0.2) is 0 Å². The third kappa shape index (κ3) is 10.1. The highest BCUT2D eigenvalue weighted by molar-refractivity contribution is 5.98. The molecule has 14 nitrogen and oxygen atoms in total. The Morgan fingerprint density at radius 2 is 1.60 bits per heavy atom. The van der Waals surface area contributed by atoms with Gasteiger partial charge in [0.05, 0.1) is 19.8 Å². The zero-order valence-electron chi connectivity index (χ0n) is 30.0. The molecule has 52 heavy (non-hydrogen) atoms. The minimum atomic E-state index is -0.865. The Morgan fingerprint density at radius 1 is 0.904 bits per heavy atom. The van der Waals surface area contributed by atoms with Gasteiger partial charge in [0.1, 0.15) is 17.4 Å². The number of methoxy groups -OCH3 is 2. The van der Waals surface area contributed by atoms with Crippen molar-refractivity contribution in [2.45, 2.75) is 64.5 Å². The number of carbonyl (C=O) groups excluding carboxylic acids is 4. The summed E-state index contributed by atoms with van der Waals surface area (Å²) in [6, 6.07) is 18.9. The smallest absolute Gasteiger partial charge is 0.407 e. The molecule has 0 saturated heterocycles. The summed E-state index contributed by atoms with van der Waals surface area (Å²) in [6.07, 6.45) is 2.61. The zero-order chi connectivity index (χ0) is 37.3. The number of aromatic amines is 1. The fraction of sp³-hybridized carbons (Fsp3) is 0.395. The van der Waals surface area contributed by atoms with Crippen LogP contribution in [0.4, 0.5) is 10.5 Å². The molecule has 274 valence electrons. The van der Waals surface area contributed by atoms with Crippen LogP contribution in [0, 0.1) is 11.8 Å². The van der Waals surface area contributed by atoms with Gasteiger partial charge in [0.2, 0.25) is 17.6 Å². The molecule has 1 heterocycles. The van der Waals surface area contributed by atoms with Crippen LogP contribution in [0.15, 0.2) is 66.7 Å². The first-order valence-electron chi connectivity index (χ1n) is 17.2. The molecule has 0 bridgehead atoms. The highest BCUT2D eigenvalue weighted by Gasteiger charge is 2.30. The van der Waals surface area contributed by atoms with E-state index in [-0.39, 0.29) is 30.1 Å². The number of esters is 1. The Bertz CT molecular complexity index is 1830. The standard InChI is InChI=1S/C38H45N7O7/c1-38(2,3)52-37(49)39-22-24-8-12-27(13-9-24)34(46)41-31(35(47)40-29-17-14-26(15-18-29)33-42-44-45-43-33)20-23-6-10-25(11-7-23)30-19-16-28(36(48)51-5)21-32(30)50-4/h6-7,10-11,14-19,21,24,27,31H,8-9,12-13,20,22H2,1-5H3,(H,39,49)(H,40,47)(H,41,46)(H,42,43,44,45)/t24?,27?,31-/m0/s1. The number of alkyl carbamates (subject to hydrolysis) is 1. The predicted octanol–water partition coefficient (Wildman–Crippen LogP) is 5.33. The van der Waals surface area contributed by atoms with E-state index >= 15 is 0 Å². The Balaban J connectivity index is 1.26. The van der Waals surface area contributed by atoms with Crippen molar-refractivity contribution in [2.24, 2.45) is 11.8 Å². The summed E-state index contributed by atoms with van der Waals surface area (Å²) in [5, 5.41) is 22.8. The van der Waals surface area contributed by atoms with Crippen molar-refractivity contribution in [3.8, 4) is 28.3 Å². The van der Waals surface area contributed by atoms with Crippen LogP contribution >= 0.6 is 0 Å². The van der Waals surface area contributed by atoms with Crippen molar-refractivity contribution < 1.29 is 33.4 Å². The monoisotopic (exact) mass is 711 g/mol. The quantitative estimate of drug-likeness (QED) is 0.140. The second-order valence-electron chi connectivity index (χ2n) is 13.8. The Kier molecular flexibility index (Phi) is 12.2. The normalized spacial score (nSPS) is 16.2. The molecule has 0 spiro atoms. The van der Waals surface area contributed by atoms with Crippen molar-refractivity contribution in [1.29, 1.82) is 0 Å². The molecule has 1 aliphatic carbocycles. The molecular weight excluding hydrogens is 666 g/mol. The van der Waals surface area contributed by atoms with Gasteiger partial charge in [-0.3, -0.25) is 9.59 Å². The molecule has 3 aromatic carbocycles. The van der Waals surface area contributed by atoms with Gasteiger partial charge in [-0.15, -0.1) is 10.2 Å². The van der Waals surface area contributed by atoms with E-state index in [0.29, 0.717) is 42.2 Å². The van der Waals surface area contributed by atoms with Gasteiger partial charge >= 0.3 is 12.1 Å². The second kappa shape index (κ2) is 16.9. The number of nitrogens with one attached hydrogen (secondary N) is 4. The van der Waals surface area contributed by atoms with Crippen LogP contribution in [0.1, 0.15) is 62.4 Å². The SMILES string of the molecule is COC(=O)c1ccc(-c2ccc(C[C@H](NC(=O)C3CCC(CNC(=O)OC(C)(C)C)CC3)C(=O)Nc3ccc(-c4nn[nH]n4)cc3)cc2)c(OC)c1. The maximum atomic E-state index is 13.8. The topological polar surface area (TPSA) is 187 Å². The zero-order valence-corrected chi connectivity index (χ0v) is 30.0. The van der Waals surface area contributed by atoms with Gasteiger partial charge < -0.3 is 30.2 Å². The molecule has 1 atom stereocenters. The van der Waals surface area contributed by atoms with Crippen molar-refractivity contribution in [2.75, 3.05) is 26.1 Å². The maximum Gasteiger partial charge on any atom is 0.407 e. The van der Waals surface area contributed by atoms with Gasteiger partial charge in [-0.2, -0.15) is 5.21 Å². The Hall–Kier alpha value is -5.79. The molecule has 3 amide bonds. The second-order valence-corrected chi connectivity index (χ2v) is 13.8. The van der Waals surface area contributed by atoms with Crippen LogP contribution in [0.25, 0.3) is 22.5 Å². The molecular formula is C38H45N7O7. The summed E-state index contributed by atoms with van der Waals surface area (Å²) < 4.78 is 15.7. The fourth-order valence-electron chi connectivity index (χ4n) is 6.12. The number of benzene rings is 3. The lowest BCUT2D eigenvalue weighted by atomic mass is 9.81. The third-order valence-corrected chi connectivity index (χ3v) is 8.87. The van der Waals surface area contributed by atoms with Gasteiger partial charge in [-0.05, 0) is 111 Å². The van der Waals surface area contributed by atoms with Crippen molar-refractivity contribution >= 4 is 29.6 Å².